The normalized spacial score (nSPS) is 14.8. The van der Waals surface area contributed by atoms with Crippen LogP contribution in [0.5, 0.6) is 0 Å². The van der Waals surface area contributed by atoms with Gasteiger partial charge in [-0.3, -0.25) is 0 Å². The van der Waals surface area contributed by atoms with Crippen LogP contribution in [0.1, 0.15) is 55.4 Å². The second-order valence-electron chi connectivity index (χ2n) is 7.07. The second-order valence-corrected chi connectivity index (χ2v) is 20.8. The summed E-state index contributed by atoms with van der Waals surface area (Å²) in [5.74, 6) is 0. The summed E-state index contributed by atoms with van der Waals surface area (Å²) >= 11 is 0. The van der Waals surface area contributed by atoms with Gasteiger partial charge in [-0.05, 0) is 55.4 Å². The molecule has 210 valence electrons. The van der Waals surface area contributed by atoms with E-state index in [1.165, 1.54) is 49.3 Å². The average Bonchev–Trinajstić information content (AvgIpc) is 2.63. The van der Waals surface area contributed by atoms with Gasteiger partial charge in [-0.2, -0.15) is 13.2 Å². The van der Waals surface area contributed by atoms with Crippen molar-refractivity contribution in [2.75, 3.05) is 49.3 Å². The maximum absolute atomic E-state index is 10.7. The molecule has 0 aliphatic heterocycles. The third-order valence-electron chi connectivity index (χ3n) is 5.65. The van der Waals surface area contributed by atoms with Crippen molar-refractivity contribution >= 4 is 32.5 Å². The molecule has 0 fully saturated rings. The van der Waals surface area contributed by atoms with Crippen LogP contribution in [0.25, 0.3) is 0 Å². The van der Waals surface area contributed by atoms with E-state index in [-0.39, 0.29) is 0 Å². The van der Waals surface area contributed by atoms with E-state index in [1.54, 1.807) is 0 Å². The standard InChI is InChI=1S/2C8H20P.CHF3O3S.F6P/c2*1-5-9(6-2,7-3)8-4;2-1(3,4)8(5,6)7;1-7(2,3,4,5)6/h2*5-8H2,1-4H3;(H,5,6,7);/q2*+1;;-1/p-1. The van der Waals surface area contributed by atoms with Crippen molar-refractivity contribution in [2.45, 2.75) is 60.9 Å². The molecule has 0 radical (unpaired) electrons. The Morgan fingerprint density at radius 2 is 0.667 bits per heavy atom. The SMILES string of the molecule is CC[P+](CC)(CC)CC.CC[P+](CC)(CC)CC.F[P-](F)(F)(F)(F)F.O=S(=O)([O-])C(F)(F)F. The molecule has 0 N–H and O–H groups in total. The fourth-order valence-electron chi connectivity index (χ4n) is 2.68. The molecule has 0 aromatic carbocycles. The minimum Gasteiger partial charge on any atom is -0.741 e. The number of halogens is 9. The van der Waals surface area contributed by atoms with Crippen LogP contribution >= 0.6 is 22.3 Å². The largest absolute Gasteiger partial charge is 0.741 e. The molecule has 0 saturated heterocycles. The second kappa shape index (κ2) is 14.3. The fourth-order valence-corrected chi connectivity index (χ4v) is 8.05. The molecule has 0 aromatic rings. The van der Waals surface area contributed by atoms with Crippen LogP contribution in [0.2, 0.25) is 0 Å². The zero-order chi connectivity index (χ0) is 28.1. The molecule has 0 saturated carbocycles. The van der Waals surface area contributed by atoms with Crippen molar-refractivity contribution in [1.82, 2.24) is 0 Å². The third kappa shape index (κ3) is 27.0. The third-order valence-corrected chi connectivity index (χ3v) is 17.0. The predicted molar refractivity (Wildman–Crippen MR) is 127 cm³/mol. The summed E-state index contributed by atoms with van der Waals surface area (Å²) in [4.78, 5) is 0. The molecule has 0 spiro atoms. The van der Waals surface area contributed by atoms with Crippen molar-refractivity contribution in [1.29, 1.82) is 0 Å². The minimum absolute atomic E-state index is 0.420. The molecule has 0 aliphatic rings. The van der Waals surface area contributed by atoms with Crippen molar-refractivity contribution in [2.24, 2.45) is 0 Å². The average molecular weight is 588 g/mol. The molecule has 0 unspecified atom stereocenters. The van der Waals surface area contributed by atoms with Gasteiger partial charge in [0.2, 0.25) is 0 Å². The zero-order valence-corrected chi connectivity index (χ0v) is 24.0. The Hall–Kier alpha value is 0.570. The Kier molecular flexibility index (Phi) is 17.7. The molecule has 16 heteroatoms. The quantitative estimate of drug-likeness (QED) is 0.123. The zero-order valence-electron chi connectivity index (χ0n) is 20.5. The maximum Gasteiger partial charge on any atom is 0.485 e. The smallest absolute Gasteiger partial charge is 0.485 e. The van der Waals surface area contributed by atoms with Gasteiger partial charge in [-0.15, -0.1) is 0 Å². The summed E-state index contributed by atoms with van der Waals surface area (Å²) in [5.41, 5.74) is -5.65. The van der Waals surface area contributed by atoms with Crippen LogP contribution in [0.15, 0.2) is 0 Å². The molecule has 0 amide bonds. The number of alkyl halides is 3. The minimum atomic E-state index is -10.7. The number of rotatable bonds is 8. The Morgan fingerprint density at radius 1 is 0.576 bits per heavy atom. The molecule has 0 bridgehead atoms. The first-order chi connectivity index (χ1) is 14.2. The molecule has 0 atom stereocenters. The molecule has 0 aliphatic carbocycles. The van der Waals surface area contributed by atoms with Gasteiger partial charge in [-0.25, -0.2) is 8.42 Å². The topological polar surface area (TPSA) is 57.2 Å². The van der Waals surface area contributed by atoms with E-state index >= 15 is 0 Å². The van der Waals surface area contributed by atoms with Crippen LogP contribution in [0.4, 0.5) is 38.4 Å². The van der Waals surface area contributed by atoms with Crippen molar-refractivity contribution in [3.8, 4) is 0 Å². The molecule has 0 rings (SSSR count). The van der Waals surface area contributed by atoms with Crippen molar-refractivity contribution < 1.29 is 51.3 Å². The Balaban J connectivity index is -0.000000171. The van der Waals surface area contributed by atoms with Gasteiger partial charge >= 0.3 is 38.5 Å². The van der Waals surface area contributed by atoms with Crippen molar-refractivity contribution in [3.63, 3.8) is 0 Å². The first-order valence-electron chi connectivity index (χ1n) is 10.5. The van der Waals surface area contributed by atoms with Gasteiger partial charge in [0.25, 0.3) is 0 Å². The summed E-state index contributed by atoms with van der Waals surface area (Å²) in [6, 6.07) is 0. The van der Waals surface area contributed by atoms with Gasteiger partial charge in [0.1, 0.15) is 0 Å². The first kappa shape index (κ1) is 40.7. The van der Waals surface area contributed by atoms with E-state index in [0.29, 0.717) is 0 Å². The Labute approximate surface area is 194 Å². The van der Waals surface area contributed by atoms with Crippen LogP contribution < -0.4 is 0 Å². The Bertz CT molecular complexity index is 548. The molecule has 0 heterocycles. The van der Waals surface area contributed by atoms with Crippen LogP contribution in [-0.2, 0) is 10.1 Å². The van der Waals surface area contributed by atoms with Crippen LogP contribution in [0.3, 0.4) is 0 Å². The number of hydrogen-bond acceptors (Lipinski definition) is 3. The first-order valence-corrected chi connectivity index (χ1v) is 19.0. The van der Waals surface area contributed by atoms with E-state index in [4.69, 9.17) is 13.0 Å². The van der Waals surface area contributed by atoms with Gasteiger partial charge in [0.15, 0.2) is 10.1 Å². The van der Waals surface area contributed by atoms with Gasteiger partial charge in [0.05, 0.1) is 49.3 Å². The maximum atomic E-state index is 10.7. The fraction of sp³-hybridized carbons (Fsp3) is 1.00. The van der Waals surface area contributed by atoms with Crippen LogP contribution in [-0.4, -0.2) is 67.8 Å². The van der Waals surface area contributed by atoms with Gasteiger partial charge in [-0.1, -0.05) is 0 Å². The van der Waals surface area contributed by atoms with E-state index in [9.17, 15) is 38.4 Å². The summed E-state index contributed by atoms with van der Waals surface area (Å²) < 4.78 is 118. The number of hydrogen-bond donors (Lipinski definition) is 0. The molecular weight excluding hydrogens is 548 g/mol. The van der Waals surface area contributed by atoms with E-state index < -0.39 is 38.0 Å². The van der Waals surface area contributed by atoms with Gasteiger partial charge < -0.3 is 4.55 Å². The summed E-state index contributed by atoms with van der Waals surface area (Å²) in [7, 11) is -17.6. The van der Waals surface area contributed by atoms with Gasteiger partial charge in [0, 0.05) is 14.5 Å². The Morgan fingerprint density at radius 3 is 0.667 bits per heavy atom. The van der Waals surface area contributed by atoms with E-state index in [1.807, 2.05) is 0 Å². The summed E-state index contributed by atoms with van der Waals surface area (Å²) in [5, 5.41) is 0. The summed E-state index contributed by atoms with van der Waals surface area (Å²) in [6.45, 7) is 18.8. The molecule has 0 aromatic heterocycles. The monoisotopic (exact) mass is 588 g/mol. The molecule has 3 nitrogen and oxygen atoms in total. The predicted octanol–water partition coefficient (Wildman–Crippen LogP) is 9.60. The van der Waals surface area contributed by atoms with E-state index in [2.05, 4.69) is 55.4 Å². The van der Waals surface area contributed by atoms with Crippen LogP contribution in [0, 0.1) is 0 Å². The summed E-state index contributed by atoms with van der Waals surface area (Å²) in [6.07, 6.45) is 11.6. The molecular formula is C17H40F9O3P3S. The van der Waals surface area contributed by atoms with E-state index in [0.717, 1.165) is 0 Å². The van der Waals surface area contributed by atoms with Crippen molar-refractivity contribution in [3.05, 3.63) is 0 Å². The molecule has 33 heavy (non-hydrogen) atoms.